The lowest BCUT2D eigenvalue weighted by atomic mass is 10.0. The number of likely N-dealkylation sites (N-methyl/N-ethyl adjacent to an activating group) is 1. The first-order valence-corrected chi connectivity index (χ1v) is 10.2. The number of thiophene rings is 1. The molecule has 5 rings (SSSR count). The van der Waals surface area contributed by atoms with Crippen molar-refractivity contribution in [3.8, 4) is 0 Å². The van der Waals surface area contributed by atoms with Crippen LogP contribution in [0.5, 0.6) is 0 Å². The highest BCUT2D eigenvalue weighted by molar-refractivity contribution is 7.10. The Morgan fingerprint density at radius 1 is 1.21 bits per heavy atom. The first-order valence-electron chi connectivity index (χ1n) is 9.27. The highest BCUT2D eigenvalue weighted by Crippen LogP contribution is 2.37. The number of benzene rings is 1. The van der Waals surface area contributed by atoms with E-state index >= 15 is 4.39 Å². The molecule has 4 heterocycles. The molecule has 1 aromatic carbocycles. The average Bonchev–Trinajstić information content (AvgIpc) is 3.30. The van der Waals surface area contributed by atoms with Crippen LogP contribution in [-0.4, -0.2) is 53.9 Å². The molecule has 146 valence electrons. The normalized spacial score (nSPS) is 20.8. The van der Waals surface area contributed by atoms with Gasteiger partial charge < -0.3 is 14.8 Å². The number of carbonyl (C=O) groups excluding carboxylic acids is 1. The van der Waals surface area contributed by atoms with Gasteiger partial charge in [0, 0.05) is 37.5 Å². The van der Waals surface area contributed by atoms with Gasteiger partial charge in [-0.25, -0.2) is 15.2 Å². The first-order chi connectivity index (χ1) is 13.5. The van der Waals surface area contributed by atoms with Gasteiger partial charge in [0.25, 0.3) is 0 Å². The van der Waals surface area contributed by atoms with Crippen LogP contribution in [0, 0.1) is 5.82 Å². The number of hydrogen-bond donors (Lipinski definition) is 2. The molecule has 2 aliphatic heterocycles. The number of rotatable bonds is 2. The minimum Gasteiger partial charge on any atom is -0.367 e. The number of hydrazine groups is 1. The quantitative estimate of drug-likeness (QED) is 0.641. The Labute approximate surface area is 165 Å². The van der Waals surface area contributed by atoms with Gasteiger partial charge in [-0.2, -0.15) is 0 Å². The summed E-state index contributed by atoms with van der Waals surface area (Å²) in [6.07, 6.45) is 0.317. The smallest absolute Gasteiger partial charge is 0.174 e. The number of nitrogens with two attached hydrogens (primary N) is 1. The third kappa shape index (κ3) is 2.69. The van der Waals surface area contributed by atoms with Crippen molar-refractivity contribution in [3.63, 3.8) is 0 Å². The van der Waals surface area contributed by atoms with E-state index in [1.54, 1.807) is 6.07 Å². The average molecular weight is 400 g/mol. The predicted molar refractivity (Wildman–Crippen MR) is 108 cm³/mol. The topological polar surface area (TPSA) is 81.5 Å². The SMILES string of the molecule is CN1CCN(c2ccc3[nH]c(C4C(=O)Cc5sccc5N4N)nc3c2F)CC1. The van der Waals surface area contributed by atoms with Crippen LogP contribution in [-0.2, 0) is 11.2 Å². The van der Waals surface area contributed by atoms with Crippen LogP contribution >= 0.6 is 11.3 Å². The van der Waals surface area contributed by atoms with E-state index in [9.17, 15) is 4.79 Å². The fourth-order valence-corrected chi connectivity index (χ4v) is 4.88. The molecule has 3 N–H and O–H groups in total. The van der Waals surface area contributed by atoms with E-state index in [-0.39, 0.29) is 17.1 Å². The second-order valence-corrected chi connectivity index (χ2v) is 8.39. The molecule has 0 saturated carbocycles. The zero-order valence-electron chi connectivity index (χ0n) is 15.5. The zero-order chi connectivity index (χ0) is 19.4. The summed E-state index contributed by atoms with van der Waals surface area (Å²) in [5.41, 5.74) is 2.21. The molecule has 9 heteroatoms. The van der Waals surface area contributed by atoms with Crippen molar-refractivity contribution < 1.29 is 9.18 Å². The van der Waals surface area contributed by atoms with Crippen molar-refractivity contribution in [2.24, 2.45) is 5.84 Å². The number of piperazine rings is 1. The number of fused-ring (bicyclic) bond motifs is 2. The molecule has 0 radical (unpaired) electrons. The Balaban J connectivity index is 1.52. The molecule has 1 atom stereocenters. The van der Waals surface area contributed by atoms with E-state index in [0.717, 1.165) is 36.7 Å². The lowest BCUT2D eigenvalue weighted by molar-refractivity contribution is -0.120. The lowest BCUT2D eigenvalue weighted by Crippen LogP contribution is -2.44. The maximum atomic E-state index is 15.2. The van der Waals surface area contributed by atoms with Crippen LogP contribution in [0.2, 0.25) is 0 Å². The Bertz CT molecular complexity index is 1050. The number of H-pyrrole nitrogens is 1. The number of Topliss-reactive ketones (excluding diaryl/α,β-unsaturated/α-hetero) is 1. The molecular formula is C19H21FN6OS. The van der Waals surface area contributed by atoms with E-state index in [1.807, 2.05) is 22.4 Å². The molecule has 7 nitrogen and oxygen atoms in total. The van der Waals surface area contributed by atoms with Crippen molar-refractivity contribution in [2.45, 2.75) is 12.5 Å². The van der Waals surface area contributed by atoms with Crippen molar-refractivity contribution in [1.29, 1.82) is 0 Å². The molecule has 0 spiro atoms. The van der Waals surface area contributed by atoms with E-state index in [2.05, 4.69) is 21.9 Å². The van der Waals surface area contributed by atoms with E-state index < -0.39 is 6.04 Å². The van der Waals surface area contributed by atoms with Crippen molar-refractivity contribution in [3.05, 3.63) is 40.1 Å². The highest BCUT2D eigenvalue weighted by Gasteiger charge is 2.36. The van der Waals surface area contributed by atoms with Crippen LogP contribution in [0.1, 0.15) is 16.7 Å². The van der Waals surface area contributed by atoms with Gasteiger partial charge in [0.05, 0.1) is 16.9 Å². The van der Waals surface area contributed by atoms with Gasteiger partial charge in [-0.1, -0.05) is 0 Å². The Morgan fingerprint density at radius 3 is 2.79 bits per heavy atom. The number of ketones is 1. The van der Waals surface area contributed by atoms with Crippen molar-refractivity contribution in [2.75, 3.05) is 43.1 Å². The summed E-state index contributed by atoms with van der Waals surface area (Å²) < 4.78 is 15.2. The van der Waals surface area contributed by atoms with Gasteiger partial charge in [0.2, 0.25) is 0 Å². The summed E-state index contributed by atoms with van der Waals surface area (Å²) >= 11 is 1.51. The van der Waals surface area contributed by atoms with Crippen LogP contribution < -0.4 is 15.8 Å². The van der Waals surface area contributed by atoms with Gasteiger partial charge in [-0.3, -0.25) is 9.80 Å². The minimum absolute atomic E-state index is 0.0452. The number of nitrogens with zero attached hydrogens (tertiary/aromatic N) is 4. The minimum atomic E-state index is -0.735. The molecule has 28 heavy (non-hydrogen) atoms. The Morgan fingerprint density at radius 2 is 2.00 bits per heavy atom. The Hall–Kier alpha value is -2.49. The molecule has 0 aliphatic carbocycles. The van der Waals surface area contributed by atoms with Gasteiger partial charge >= 0.3 is 0 Å². The molecule has 3 aromatic rings. The monoisotopic (exact) mass is 400 g/mol. The molecule has 2 aliphatic rings. The highest BCUT2D eigenvalue weighted by atomic mass is 32.1. The lowest BCUT2D eigenvalue weighted by Gasteiger charge is -2.34. The van der Waals surface area contributed by atoms with E-state index in [0.29, 0.717) is 23.4 Å². The molecule has 1 saturated heterocycles. The summed E-state index contributed by atoms with van der Waals surface area (Å²) in [4.78, 5) is 25.5. The fourth-order valence-electron chi connectivity index (χ4n) is 4.00. The molecule has 1 fully saturated rings. The van der Waals surface area contributed by atoms with Gasteiger partial charge in [-0.05, 0) is 30.6 Å². The second-order valence-electron chi connectivity index (χ2n) is 7.39. The van der Waals surface area contributed by atoms with Crippen molar-refractivity contribution in [1.82, 2.24) is 14.9 Å². The predicted octanol–water partition coefficient (Wildman–Crippen LogP) is 2.06. The summed E-state index contributed by atoms with van der Waals surface area (Å²) in [5.74, 6) is 6.21. The number of halogens is 1. The summed E-state index contributed by atoms with van der Waals surface area (Å²) in [7, 11) is 2.07. The standard InChI is InChI=1S/C19H21FN6OS/c1-24-5-7-25(8-6-24)13-3-2-11-17(16(13)20)23-19(22-11)18-14(27)10-15-12(26(18)21)4-9-28-15/h2-4,9,18H,5-8,10,21H2,1H3,(H,22,23). The first kappa shape index (κ1) is 17.6. The third-order valence-electron chi connectivity index (χ3n) is 5.61. The molecular weight excluding hydrogens is 379 g/mol. The summed E-state index contributed by atoms with van der Waals surface area (Å²) in [6.45, 7) is 3.33. The maximum Gasteiger partial charge on any atom is 0.174 e. The summed E-state index contributed by atoms with van der Waals surface area (Å²) in [5, 5.41) is 3.36. The fraction of sp³-hybridized carbons (Fsp3) is 0.368. The van der Waals surface area contributed by atoms with E-state index in [4.69, 9.17) is 5.84 Å². The Kier molecular flexibility index (Phi) is 4.11. The largest absolute Gasteiger partial charge is 0.367 e. The molecule has 0 amide bonds. The van der Waals surface area contributed by atoms with E-state index in [1.165, 1.54) is 16.3 Å². The second kappa shape index (κ2) is 6.54. The number of nitrogens with one attached hydrogen (secondary N) is 1. The number of carbonyl (C=O) groups is 1. The number of aromatic nitrogens is 2. The molecule has 2 aromatic heterocycles. The van der Waals surface area contributed by atoms with Crippen molar-refractivity contribution >= 4 is 39.5 Å². The van der Waals surface area contributed by atoms with Gasteiger partial charge in [0.1, 0.15) is 11.3 Å². The number of imidazole rings is 1. The third-order valence-corrected chi connectivity index (χ3v) is 6.52. The maximum absolute atomic E-state index is 15.2. The number of anilines is 2. The number of aromatic amines is 1. The van der Waals surface area contributed by atoms with Crippen LogP contribution in [0.25, 0.3) is 11.0 Å². The van der Waals surface area contributed by atoms with Gasteiger partial charge in [-0.15, -0.1) is 11.3 Å². The zero-order valence-corrected chi connectivity index (χ0v) is 16.3. The summed E-state index contributed by atoms with van der Waals surface area (Å²) in [6, 6.07) is 4.77. The molecule has 0 bridgehead atoms. The van der Waals surface area contributed by atoms with Crippen LogP contribution in [0.15, 0.2) is 23.6 Å². The molecule has 1 unspecified atom stereocenters. The van der Waals surface area contributed by atoms with Crippen LogP contribution in [0.4, 0.5) is 15.8 Å². The van der Waals surface area contributed by atoms with Crippen LogP contribution in [0.3, 0.4) is 0 Å². The van der Waals surface area contributed by atoms with Gasteiger partial charge in [0.15, 0.2) is 17.6 Å². The number of hydrogen-bond acceptors (Lipinski definition) is 7.